The first kappa shape index (κ1) is 13.9. The van der Waals surface area contributed by atoms with Crippen LogP contribution in [0.1, 0.15) is 5.56 Å². The average Bonchev–Trinajstić information content (AvgIpc) is 2.47. The highest BCUT2D eigenvalue weighted by molar-refractivity contribution is 5.53. The molecule has 0 unspecified atom stereocenters. The Morgan fingerprint density at radius 1 is 1.05 bits per heavy atom. The number of benzene rings is 2. The lowest BCUT2D eigenvalue weighted by atomic mass is 10.2. The fourth-order valence-corrected chi connectivity index (χ4v) is 1.72. The Bertz CT molecular complexity index is 599. The number of nitrogens with two attached hydrogens (primary N) is 1. The van der Waals surface area contributed by atoms with Gasteiger partial charge in [0.2, 0.25) is 0 Å². The fourth-order valence-electron chi connectivity index (χ4n) is 1.72. The quantitative estimate of drug-likeness (QED) is 0.496. The summed E-state index contributed by atoms with van der Waals surface area (Å²) in [7, 11) is 0. The number of nitroso groups, excluding NO2 is 1. The van der Waals surface area contributed by atoms with Gasteiger partial charge in [-0.15, -0.1) is 4.91 Å². The molecule has 0 aliphatic carbocycles. The standard InChI is InChI=1S/C15H16N2O3/c1-11-6-7-12(16)15(10-11)20-9-8-19-14-5-3-2-4-13(14)17-18/h2-7,10H,8-9,16H2,1H3. The maximum absolute atomic E-state index is 10.6. The lowest BCUT2D eigenvalue weighted by molar-refractivity contribution is 0.218. The van der Waals surface area contributed by atoms with Gasteiger partial charge in [-0.25, -0.2) is 0 Å². The molecule has 5 nitrogen and oxygen atoms in total. The number of hydrogen-bond acceptors (Lipinski definition) is 5. The van der Waals surface area contributed by atoms with Crippen molar-refractivity contribution in [3.63, 3.8) is 0 Å². The molecule has 0 fully saturated rings. The second-order valence-corrected chi connectivity index (χ2v) is 4.30. The summed E-state index contributed by atoms with van der Waals surface area (Å²) in [4.78, 5) is 10.6. The van der Waals surface area contributed by atoms with Crippen molar-refractivity contribution in [2.45, 2.75) is 6.92 Å². The van der Waals surface area contributed by atoms with E-state index in [2.05, 4.69) is 5.18 Å². The van der Waals surface area contributed by atoms with Crippen LogP contribution in [-0.4, -0.2) is 13.2 Å². The van der Waals surface area contributed by atoms with Gasteiger partial charge in [-0.1, -0.05) is 18.2 Å². The third-order valence-corrected chi connectivity index (χ3v) is 2.73. The largest absolute Gasteiger partial charge is 0.488 e. The molecule has 0 heterocycles. The molecule has 0 aromatic heterocycles. The zero-order valence-electron chi connectivity index (χ0n) is 11.2. The van der Waals surface area contributed by atoms with Crippen molar-refractivity contribution in [2.24, 2.45) is 5.18 Å². The summed E-state index contributed by atoms with van der Waals surface area (Å²) in [6.45, 7) is 2.61. The van der Waals surface area contributed by atoms with Crippen molar-refractivity contribution < 1.29 is 9.47 Å². The van der Waals surface area contributed by atoms with Crippen molar-refractivity contribution in [3.05, 3.63) is 52.9 Å². The molecule has 0 aliphatic heterocycles. The van der Waals surface area contributed by atoms with E-state index in [1.165, 1.54) is 0 Å². The van der Waals surface area contributed by atoms with Crippen molar-refractivity contribution in [1.82, 2.24) is 0 Å². The van der Waals surface area contributed by atoms with Crippen LogP contribution >= 0.6 is 0 Å². The number of nitrogen functional groups attached to an aromatic ring is 1. The van der Waals surface area contributed by atoms with Crippen molar-refractivity contribution in [2.75, 3.05) is 18.9 Å². The number of para-hydroxylation sites is 1. The first-order valence-corrected chi connectivity index (χ1v) is 6.25. The minimum Gasteiger partial charge on any atom is -0.488 e. The highest BCUT2D eigenvalue weighted by Crippen LogP contribution is 2.26. The summed E-state index contributed by atoms with van der Waals surface area (Å²) in [5.41, 5.74) is 7.75. The predicted molar refractivity (Wildman–Crippen MR) is 78.5 cm³/mol. The monoisotopic (exact) mass is 272 g/mol. The van der Waals surface area contributed by atoms with Crippen LogP contribution in [0.4, 0.5) is 11.4 Å². The van der Waals surface area contributed by atoms with Crippen molar-refractivity contribution in [1.29, 1.82) is 0 Å². The Hall–Kier alpha value is -2.56. The van der Waals surface area contributed by atoms with E-state index in [0.29, 0.717) is 30.4 Å². The Kier molecular flexibility index (Phi) is 4.55. The van der Waals surface area contributed by atoms with Crippen LogP contribution in [0.15, 0.2) is 47.6 Å². The van der Waals surface area contributed by atoms with Gasteiger partial charge in [0.25, 0.3) is 0 Å². The molecule has 0 spiro atoms. The van der Waals surface area contributed by atoms with Crippen LogP contribution < -0.4 is 15.2 Å². The second kappa shape index (κ2) is 6.56. The third kappa shape index (κ3) is 3.47. The Labute approximate surface area is 117 Å². The summed E-state index contributed by atoms with van der Waals surface area (Å²) in [5, 5.41) is 2.90. The molecule has 5 heteroatoms. The van der Waals surface area contributed by atoms with Gasteiger partial charge in [-0.3, -0.25) is 0 Å². The lowest BCUT2D eigenvalue weighted by Gasteiger charge is -2.11. The van der Waals surface area contributed by atoms with Gasteiger partial charge in [0.15, 0.2) is 0 Å². The molecule has 0 bridgehead atoms. The minimum absolute atomic E-state index is 0.280. The SMILES string of the molecule is Cc1ccc(N)c(OCCOc2ccccc2N=O)c1. The van der Waals surface area contributed by atoms with E-state index in [0.717, 1.165) is 5.56 Å². The van der Waals surface area contributed by atoms with Crippen molar-refractivity contribution in [3.8, 4) is 11.5 Å². The molecule has 20 heavy (non-hydrogen) atoms. The summed E-state index contributed by atoms with van der Waals surface area (Å²) >= 11 is 0. The highest BCUT2D eigenvalue weighted by Gasteiger charge is 2.04. The summed E-state index contributed by atoms with van der Waals surface area (Å²) < 4.78 is 11.0. The fraction of sp³-hybridized carbons (Fsp3) is 0.200. The number of aryl methyl sites for hydroxylation is 1. The van der Waals surface area contributed by atoms with E-state index < -0.39 is 0 Å². The molecular formula is C15H16N2O3. The normalized spacial score (nSPS) is 10.1. The van der Waals surface area contributed by atoms with Gasteiger partial charge in [-0.2, -0.15) is 0 Å². The Balaban J connectivity index is 1.87. The number of ether oxygens (including phenoxy) is 2. The molecule has 0 aliphatic rings. The van der Waals surface area contributed by atoms with E-state index in [9.17, 15) is 4.91 Å². The smallest absolute Gasteiger partial charge is 0.149 e. The molecule has 2 aromatic carbocycles. The average molecular weight is 272 g/mol. The van der Waals surface area contributed by atoms with Crippen LogP contribution in [0.25, 0.3) is 0 Å². The van der Waals surface area contributed by atoms with Gasteiger partial charge >= 0.3 is 0 Å². The number of rotatable bonds is 6. The molecule has 0 radical (unpaired) electrons. The molecule has 2 aromatic rings. The molecule has 0 saturated carbocycles. The molecular weight excluding hydrogens is 256 g/mol. The number of anilines is 1. The molecule has 104 valence electrons. The van der Waals surface area contributed by atoms with E-state index in [1.807, 2.05) is 19.1 Å². The topological polar surface area (TPSA) is 73.9 Å². The zero-order chi connectivity index (χ0) is 14.4. The second-order valence-electron chi connectivity index (χ2n) is 4.30. The maximum Gasteiger partial charge on any atom is 0.149 e. The molecule has 0 atom stereocenters. The Morgan fingerprint density at radius 2 is 1.75 bits per heavy atom. The van der Waals surface area contributed by atoms with Gasteiger partial charge < -0.3 is 15.2 Å². The molecule has 0 saturated heterocycles. The predicted octanol–water partition coefficient (Wildman–Crippen LogP) is 3.43. The summed E-state index contributed by atoms with van der Waals surface area (Å²) in [5.74, 6) is 1.08. The van der Waals surface area contributed by atoms with Gasteiger partial charge in [0, 0.05) is 0 Å². The highest BCUT2D eigenvalue weighted by atomic mass is 16.5. The van der Waals surface area contributed by atoms with E-state index >= 15 is 0 Å². The van der Waals surface area contributed by atoms with E-state index in [1.54, 1.807) is 30.3 Å². The number of nitrogens with zero attached hydrogens (tertiary/aromatic N) is 1. The summed E-state index contributed by atoms with van der Waals surface area (Å²) in [6.07, 6.45) is 0. The number of hydrogen-bond donors (Lipinski definition) is 1. The molecule has 2 N–H and O–H groups in total. The molecule has 0 amide bonds. The van der Waals surface area contributed by atoms with Gasteiger partial charge in [-0.05, 0) is 41.9 Å². The molecule has 2 rings (SSSR count). The van der Waals surface area contributed by atoms with Crippen LogP contribution in [0.5, 0.6) is 11.5 Å². The van der Waals surface area contributed by atoms with Crippen LogP contribution in [0, 0.1) is 11.8 Å². The van der Waals surface area contributed by atoms with Gasteiger partial charge in [0.05, 0.1) is 5.69 Å². The third-order valence-electron chi connectivity index (χ3n) is 2.73. The lowest BCUT2D eigenvalue weighted by Crippen LogP contribution is -2.10. The summed E-state index contributed by atoms with van der Waals surface area (Å²) in [6, 6.07) is 12.4. The van der Waals surface area contributed by atoms with Crippen LogP contribution in [-0.2, 0) is 0 Å². The minimum atomic E-state index is 0.280. The Morgan fingerprint density at radius 3 is 2.50 bits per heavy atom. The van der Waals surface area contributed by atoms with Crippen LogP contribution in [0.2, 0.25) is 0 Å². The zero-order valence-corrected chi connectivity index (χ0v) is 11.2. The van der Waals surface area contributed by atoms with E-state index in [-0.39, 0.29) is 5.69 Å². The first-order valence-electron chi connectivity index (χ1n) is 6.25. The first-order chi connectivity index (χ1) is 9.70. The van der Waals surface area contributed by atoms with E-state index in [4.69, 9.17) is 15.2 Å². The van der Waals surface area contributed by atoms with Crippen LogP contribution in [0.3, 0.4) is 0 Å². The van der Waals surface area contributed by atoms with Gasteiger partial charge in [0.1, 0.15) is 30.4 Å². The van der Waals surface area contributed by atoms with Crippen molar-refractivity contribution >= 4 is 11.4 Å². The maximum atomic E-state index is 10.6.